The molecule has 2 N–H and O–H groups in total. The molecule has 0 aliphatic carbocycles. The zero-order valence-electron chi connectivity index (χ0n) is 13.8. The van der Waals surface area contributed by atoms with E-state index < -0.39 is 11.9 Å². The molecule has 0 amide bonds. The molecule has 22 heavy (non-hydrogen) atoms. The second-order valence-corrected chi connectivity index (χ2v) is 5.92. The maximum Gasteiger partial charge on any atom is 0.303 e. The molecular weight excluding hydrogens is 284 g/mol. The average molecular weight is 314 g/mol. The standard InChI is InChI=1S/C16H30N2O4/c1-13(9-5-3-7-11-15(19)20)17-18-14(2)10-6-4-8-12-16(21)22/h13-14H,3-12H2,1-2H3,(H,19,20)(H,21,22). The summed E-state index contributed by atoms with van der Waals surface area (Å²) in [5, 5.41) is 25.7. The van der Waals surface area contributed by atoms with Crippen molar-refractivity contribution < 1.29 is 19.8 Å². The summed E-state index contributed by atoms with van der Waals surface area (Å²) in [5.74, 6) is -1.46. The number of azo groups is 1. The highest BCUT2D eigenvalue weighted by Gasteiger charge is 2.04. The monoisotopic (exact) mass is 314 g/mol. The molecule has 0 aromatic rings. The number of rotatable bonds is 14. The first-order valence-electron chi connectivity index (χ1n) is 8.25. The predicted octanol–water partition coefficient (Wildman–Crippen LogP) is 4.29. The maximum absolute atomic E-state index is 10.4. The number of carbonyl (C=O) groups is 2. The Hall–Kier alpha value is -1.46. The number of aliphatic carboxylic acids is 2. The molecule has 0 saturated carbocycles. The summed E-state index contributed by atoms with van der Waals surface area (Å²) in [6.45, 7) is 4.06. The van der Waals surface area contributed by atoms with E-state index in [1.807, 2.05) is 13.8 Å². The molecule has 0 aliphatic heterocycles. The van der Waals surface area contributed by atoms with Crippen molar-refractivity contribution >= 4 is 11.9 Å². The minimum Gasteiger partial charge on any atom is -0.481 e. The first-order valence-corrected chi connectivity index (χ1v) is 8.25. The van der Waals surface area contributed by atoms with Crippen molar-refractivity contribution in [2.24, 2.45) is 10.2 Å². The fourth-order valence-electron chi connectivity index (χ4n) is 2.13. The molecule has 6 nitrogen and oxygen atoms in total. The Kier molecular flexibility index (Phi) is 12.3. The van der Waals surface area contributed by atoms with Crippen LogP contribution in [0.1, 0.15) is 78.1 Å². The van der Waals surface area contributed by atoms with Crippen molar-refractivity contribution in [2.75, 3.05) is 0 Å². The second-order valence-electron chi connectivity index (χ2n) is 5.92. The summed E-state index contributed by atoms with van der Waals surface area (Å²) in [7, 11) is 0. The van der Waals surface area contributed by atoms with E-state index in [1.54, 1.807) is 0 Å². The van der Waals surface area contributed by atoms with E-state index >= 15 is 0 Å². The van der Waals surface area contributed by atoms with E-state index in [0.29, 0.717) is 0 Å². The highest BCUT2D eigenvalue weighted by atomic mass is 16.4. The SMILES string of the molecule is CC(CCCCCC(=O)O)N=NC(C)CCCCCC(=O)O. The Balaban J connectivity index is 3.58. The smallest absolute Gasteiger partial charge is 0.303 e. The molecule has 0 radical (unpaired) electrons. The minimum absolute atomic E-state index is 0.180. The third-order valence-corrected chi connectivity index (χ3v) is 3.49. The number of hydrogen-bond donors (Lipinski definition) is 2. The van der Waals surface area contributed by atoms with Gasteiger partial charge in [-0.15, -0.1) is 0 Å². The molecule has 2 unspecified atom stereocenters. The minimum atomic E-state index is -0.732. The fourth-order valence-corrected chi connectivity index (χ4v) is 2.13. The predicted molar refractivity (Wildman–Crippen MR) is 85.2 cm³/mol. The van der Waals surface area contributed by atoms with Gasteiger partial charge in [0.1, 0.15) is 0 Å². The number of carboxylic acids is 2. The first-order chi connectivity index (χ1) is 10.4. The summed E-state index contributed by atoms with van der Waals surface area (Å²) in [6, 6.07) is 0.360. The lowest BCUT2D eigenvalue weighted by Crippen LogP contribution is -2.02. The molecule has 128 valence electrons. The van der Waals surface area contributed by atoms with Gasteiger partial charge in [0.05, 0.1) is 12.1 Å². The third-order valence-electron chi connectivity index (χ3n) is 3.49. The lowest BCUT2D eigenvalue weighted by atomic mass is 10.1. The largest absolute Gasteiger partial charge is 0.481 e. The molecule has 0 fully saturated rings. The number of unbranched alkanes of at least 4 members (excludes halogenated alkanes) is 4. The van der Waals surface area contributed by atoms with Crippen LogP contribution < -0.4 is 0 Å². The van der Waals surface area contributed by atoms with Crippen LogP contribution in [0.2, 0.25) is 0 Å². The van der Waals surface area contributed by atoms with Gasteiger partial charge in [0.25, 0.3) is 0 Å². The van der Waals surface area contributed by atoms with Crippen LogP contribution in [0.3, 0.4) is 0 Å². The molecule has 2 atom stereocenters. The molecule has 6 heteroatoms. The van der Waals surface area contributed by atoms with E-state index in [-0.39, 0.29) is 24.9 Å². The van der Waals surface area contributed by atoms with Crippen LogP contribution in [0.4, 0.5) is 0 Å². The van der Waals surface area contributed by atoms with Crippen molar-refractivity contribution in [2.45, 2.75) is 90.1 Å². The van der Waals surface area contributed by atoms with Crippen molar-refractivity contribution in [3.05, 3.63) is 0 Å². The van der Waals surface area contributed by atoms with Gasteiger partial charge in [-0.2, -0.15) is 10.2 Å². The van der Waals surface area contributed by atoms with Crippen LogP contribution in [0.5, 0.6) is 0 Å². The Morgan fingerprint density at radius 1 is 0.727 bits per heavy atom. The highest BCUT2D eigenvalue weighted by Crippen LogP contribution is 2.11. The summed E-state index contributed by atoms with van der Waals surface area (Å²) < 4.78 is 0. The van der Waals surface area contributed by atoms with E-state index in [2.05, 4.69) is 10.2 Å². The topological polar surface area (TPSA) is 99.3 Å². The fraction of sp³-hybridized carbons (Fsp3) is 0.875. The van der Waals surface area contributed by atoms with Crippen LogP contribution in [-0.4, -0.2) is 34.2 Å². The molecular formula is C16H30N2O4. The van der Waals surface area contributed by atoms with E-state index in [9.17, 15) is 9.59 Å². The summed E-state index contributed by atoms with van der Waals surface area (Å²) >= 11 is 0. The van der Waals surface area contributed by atoms with Gasteiger partial charge in [-0.1, -0.05) is 25.7 Å². The summed E-state index contributed by atoms with van der Waals surface area (Å²) in [4.78, 5) is 20.7. The van der Waals surface area contributed by atoms with E-state index in [1.165, 1.54) is 0 Å². The number of carboxylic acid groups (broad SMARTS) is 2. The molecule has 0 aliphatic rings. The quantitative estimate of drug-likeness (QED) is 0.369. The van der Waals surface area contributed by atoms with Gasteiger partial charge in [-0.3, -0.25) is 9.59 Å². The second kappa shape index (κ2) is 13.2. The Bertz CT molecular complexity index is 313. The van der Waals surface area contributed by atoms with Crippen molar-refractivity contribution in [1.82, 2.24) is 0 Å². The van der Waals surface area contributed by atoms with Crippen molar-refractivity contribution in [3.8, 4) is 0 Å². The highest BCUT2D eigenvalue weighted by molar-refractivity contribution is 5.66. The number of hydrogen-bond acceptors (Lipinski definition) is 4. The molecule has 0 bridgehead atoms. The maximum atomic E-state index is 10.4. The Morgan fingerprint density at radius 3 is 1.41 bits per heavy atom. The zero-order valence-corrected chi connectivity index (χ0v) is 13.8. The number of nitrogens with zero attached hydrogens (tertiary/aromatic N) is 2. The zero-order chi connectivity index (χ0) is 16.8. The van der Waals surface area contributed by atoms with Gasteiger partial charge >= 0.3 is 11.9 Å². The van der Waals surface area contributed by atoms with Crippen LogP contribution in [0, 0.1) is 0 Å². The van der Waals surface area contributed by atoms with Crippen molar-refractivity contribution in [3.63, 3.8) is 0 Å². The summed E-state index contributed by atoms with van der Waals surface area (Å²) in [5.41, 5.74) is 0. The Labute approximate surface area is 133 Å². The van der Waals surface area contributed by atoms with Crippen LogP contribution in [-0.2, 0) is 9.59 Å². The normalized spacial score (nSPS) is 14.1. The van der Waals surface area contributed by atoms with Gasteiger partial charge < -0.3 is 10.2 Å². The molecule has 0 aromatic carbocycles. The van der Waals surface area contributed by atoms with Gasteiger partial charge in [0.15, 0.2) is 0 Å². The van der Waals surface area contributed by atoms with E-state index in [4.69, 9.17) is 10.2 Å². The summed E-state index contributed by atoms with van der Waals surface area (Å²) in [6.07, 6.45) is 7.63. The van der Waals surface area contributed by atoms with Crippen molar-refractivity contribution in [1.29, 1.82) is 0 Å². The third kappa shape index (κ3) is 14.9. The lowest BCUT2D eigenvalue weighted by molar-refractivity contribution is -0.138. The molecule has 0 spiro atoms. The van der Waals surface area contributed by atoms with Gasteiger partial charge in [0, 0.05) is 12.8 Å². The van der Waals surface area contributed by atoms with Crippen LogP contribution in [0.25, 0.3) is 0 Å². The van der Waals surface area contributed by atoms with Gasteiger partial charge in [0.2, 0.25) is 0 Å². The molecule has 0 rings (SSSR count). The first kappa shape index (κ1) is 20.5. The van der Waals surface area contributed by atoms with Crippen LogP contribution in [0.15, 0.2) is 10.2 Å². The Morgan fingerprint density at radius 2 is 1.09 bits per heavy atom. The van der Waals surface area contributed by atoms with Crippen LogP contribution >= 0.6 is 0 Å². The lowest BCUT2D eigenvalue weighted by Gasteiger charge is -2.08. The van der Waals surface area contributed by atoms with Gasteiger partial charge in [-0.25, -0.2) is 0 Å². The molecule has 0 saturated heterocycles. The van der Waals surface area contributed by atoms with Gasteiger partial charge in [-0.05, 0) is 39.5 Å². The van der Waals surface area contributed by atoms with E-state index in [0.717, 1.165) is 51.4 Å². The molecule has 0 aromatic heterocycles. The molecule has 0 heterocycles. The average Bonchev–Trinajstić information content (AvgIpc) is 2.43.